The van der Waals surface area contributed by atoms with Gasteiger partial charge in [0.1, 0.15) is 0 Å². The Kier molecular flexibility index (Phi) is 4.63. The van der Waals surface area contributed by atoms with Gasteiger partial charge in [-0.1, -0.05) is 32.0 Å². The van der Waals surface area contributed by atoms with Crippen molar-refractivity contribution in [1.29, 1.82) is 0 Å². The lowest BCUT2D eigenvalue weighted by atomic mass is 10.1. The second-order valence-electron chi connectivity index (χ2n) is 4.62. The van der Waals surface area contributed by atoms with Crippen LogP contribution in [0.5, 0.6) is 0 Å². The number of nitrogen functional groups attached to an aromatic ring is 1. The monoisotopic (exact) mass is 206 g/mol. The van der Waals surface area contributed by atoms with Gasteiger partial charge in [0.25, 0.3) is 0 Å². The smallest absolute Gasteiger partial charge is 0.0359 e. The van der Waals surface area contributed by atoms with E-state index in [1.54, 1.807) is 0 Å². The number of nitrogens with zero attached hydrogens (tertiary/aromatic N) is 1. The highest BCUT2D eigenvalue weighted by Gasteiger charge is 2.03. The van der Waals surface area contributed by atoms with Gasteiger partial charge in [-0.15, -0.1) is 0 Å². The Labute approximate surface area is 93.1 Å². The van der Waals surface area contributed by atoms with Crippen LogP contribution in [0.1, 0.15) is 25.8 Å². The fourth-order valence-corrected chi connectivity index (χ4v) is 1.53. The molecular formula is C13H22N2. The maximum atomic E-state index is 5.90. The summed E-state index contributed by atoms with van der Waals surface area (Å²) in [7, 11) is 2.15. The Morgan fingerprint density at radius 1 is 1.27 bits per heavy atom. The molecule has 0 atom stereocenters. The van der Waals surface area contributed by atoms with E-state index in [0.29, 0.717) is 0 Å². The number of hydrogen-bond donors (Lipinski definition) is 1. The molecule has 0 unspecified atom stereocenters. The summed E-state index contributed by atoms with van der Waals surface area (Å²) in [6, 6.07) is 8.09. The van der Waals surface area contributed by atoms with Crippen LogP contribution >= 0.6 is 0 Å². The van der Waals surface area contributed by atoms with Gasteiger partial charge >= 0.3 is 0 Å². The molecule has 1 aromatic rings. The van der Waals surface area contributed by atoms with Crippen LogP contribution in [0.3, 0.4) is 0 Å². The van der Waals surface area contributed by atoms with Gasteiger partial charge in [-0.2, -0.15) is 0 Å². The van der Waals surface area contributed by atoms with E-state index in [0.717, 1.165) is 24.7 Å². The van der Waals surface area contributed by atoms with Crippen molar-refractivity contribution in [3.05, 3.63) is 29.8 Å². The first-order chi connectivity index (χ1) is 7.09. The van der Waals surface area contributed by atoms with Gasteiger partial charge in [-0.25, -0.2) is 0 Å². The minimum atomic E-state index is 0.764. The summed E-state index contributed by atoms with van der Waals surface area (Å²) >= 11 is 0. The minimum Gasteiger partial charge on any atom is -0.398 e. The van der Waals surface area contributed by atoms with E-state index in [1.807, 2.05) is 18.2 Å². The van der Waals surface area contributed by atoms with E-state index >= 15 is 0 Å². The number of benzene rings is 1. The third kappa shape index (κ3) is 4.34. The third-order valence-electron chi connectivity index (χ3n) is 2.58. The fraction of sp³-hybridized carbons (Fsp3) is 0.538. The molecule has 0 radical (unpaired) electrons. The summed E-state index contributed by atoms with van der Waals surface area (Å²) < 4.78 is 0. The van der Waals surface area contributed by atoms with Crippen LogP contribution in [0.25, 0.3) is 0 Å². The first kappa shape index (κ1) is 12.1. The van der Waals surface area contributed by atoms with Crippen molar-refractivity contribution >= 4 is 5.69 Å². The van der Waals surface area contributed by atoms with Crippen molar-refractivity contribution in [2.24, 2.45) is 5.92 Å². The highest BCUT2D eigenvalue weighted by molar-refractivity contribution is 5.46. The third-order valence-corrected chi connectivity index (χ3v) is 2.58. The zero-order valence-electron chi connectivity index (χ0n) is 10.0. The molecule has 2 heteroatoms. The van der Waals surface area contributed by atoms with Crippen LogP contribution < -0.4 is 5.73 Å². The highest BCUT2D eigenvalue weighted by Crippen LogP contribution is 2.13. The number of para-hydroxylation sites is 1. The standard InChI is InChI=1S/C13H22N2/c1-11(2)8-9-15(3)10-12-6-4-5-7-13(12)14/h4-7,11H,8-10,14H2,1-3H3. The van der Waals surface area contributed by atoms with Crippen LogP contribution in [-0.4, -0.2) is 18.5 Å². The van der Waals surface area contributed by atoms with Crippen LogP contribution in [0, 0.1) is 5.92 Å². The molecule has 0 fully saturated rings. The summed E-state index contributed by atoms with van der Waals surface area (Å²) in [6.07, 6.45) is 1.24. The van der Waals surface area contributed by atoms with Gasteiger partial charge in [-0.05, 0) is 37.6 Å². The lowest BCUT2D eigenvalue weighted by molar-refractivity contribution is 0.304. The van der Waals surface area contributed by atoms with Crippen LogP contribution in [0.15, 0.2) is 24.3 Å². The number of rotatable bonds is 5. The molecule has 2 N–H and O–H groups in total. The normalized spacial score (nSPS) is 11.3. The highest BCUT2D eigenvalue weighted by atomic mass is 15.1. The lowest BCUT2D eigenvalue weighted by Gasteiger charge is -2.18. The Morgan fingerprint density at radius 2 is 1.93 bits per heavy atom. The van der Waals surface area contributed by atoms with E-state index in [-0.39, 0.29) is 0 Å². The van der Waals surface area contributed by atoms with Crippen molar-refractivity contribution < 1.29 is 0 Å². The summed E-state index contributed by atoms with van der Waals surface area (Å²) in [5, 5.41) is 0. The molecule has 0 aromatic heterocycles. The Morgan fingerprint density at radius 3 is 2.53 bits per heavy atom. The van der Waals surface area contributed by atoms with E-state index < -0.39 is 0 Å². The van der Waals surface area contributed by atoms with Gasteiger partial charge in [0.15, 0.2) is 0 Å². The molecule has 0 amide bonds. The maximum Gasteiger partial charge on any atom is 0.0359 e. The lowest BCUT2D eigenvalue weighted by Crippen LogP contribution is -2.20. The van der Waals surface area contributed by atoms with Crippen molar-refractivity contribution in [3.8, 4) is 0 Å². The number of nitrogens with two attached hydrogens (primary N) is 1. The predicted octanol–water partition coefficient (Wildman–Crippen LogP) is 2.75. The Bertz CT molecular complexity index is 294. The van der Waals surface area contributed by atoms with Crippen molar-refractivity contribution in [3.63, 3.8) is 0 Å². The Hall–Kier alpha value is -1.02. The first-order valence-electron chi connectivity index (χ1n) is 5.61. The molecule has 0 aliphatic rings. The van der Waals surface area contributed by atoms with Gasteiger partial charge < -0.3 is 10.6 Å². The molecular weight excluding hydrogens is 184 g/mol. The summed E-state index contributed by atoms with van der Waals surface area (Å²) in [5.74, 6) is 0.764. The molecule has 1 rings (SSSR count). The number of hydrogen-bond acceptors (Lipinski definition) is 2. The average molecular weight is 206 g/mol. The summed E-state index contributed by atoms with van der Waals surface area (Å²) in [4.78, 5) is 2.33. The second kappa shape index (κ2) is 5.76. The molecule has 0 saturated heterocycles. The van der Waals surface area contributed by atoms with Crippen LogP contribution in [0.2, 0.25) is 0 Å². The Balaban J connectivity index is 2.44. The minimum absolute atomic E-state index is 0.764. The molecule has 84 valence electrons. The van der Waals surface area contributed by atoms with E-state index in [4.69, 9.17) is 5.73 Å². The second-order valence-corrected chi connectivity index (χ2v) is 4.62. The van der Waals surface area contributed by atoms with E-state index in [2.05, 4.69) is 31.9 Å². The van der Waals surface area contributed by atoms with Crippen LogP contribution in [-0.2, 0) is 6.54 Å². The molecule has 0 aliphatic carbocycles. The van der Waals surface area contributed by atoms with E-state index in [1.165, 1.54) is 12.0 Å². The molecule has 2 nitrogen and oxygen atoms in total. The topological polar surface area (TPSA) is 29.3 Å². The summed E-state index contributed by atoms with van der Waals surface area (Å²) in [5.41, 5.74) is 8.02. The quantitative estimate of drug-likeness (QED) is 0.751. The summed E-state index contributed by atoms with van der Waals surface area (Å²) in [6.45, 7) is 6.58. The van der Waals surface area contributed by atoms with Gasteiger partial charge in [0.2, 0.25) is 0 Å². The first-order valence-corrected chi connectivity index (χ1v) is 5.61. The maximum absolute atomic E-state index is 5.90. The zero-order chi connectivity index (χ0) is 11.3. The zero-order valence-corrected chi connectivity index (χ0v) is 10.0. The molecule has 0 aliphatic heterocycles. The van der Waals surface area contributed by atoms with Crippen molar-refractivity contribution in [2.45, 2.75) is 26.8 Å². The molecule has 0 bridgehead atoms. The average Bonchev–Trinajstić information content (AvgIpc) is 2.18. The van der Waals surface area contributed by atoms with E-state index in [9.17, 15) is 0 Å². The van der Waals surface area contributed by atoms with Gasteiger partial charge in [-0.3, -0.25) is 0 Å². The number of anilines is 1. The largest absolute Gasteiger partial charge is 0.398 e. The SMILES string of the molecule is CC(C)CCN(C)Cc1ccccc1N. The molecule has 0 heterocycles. The van der Waals surface area contributed by atoms with Crippen LogP contribution in [0.4, 0.5) is 5.69 Å². The predicted molar refractivity (Wildman–Crippen MR) is 66.6 cm³/mol. The molecule has 1 aromatic carbocycles. The van der Waals surface area contributed by atoms with Gasteiger partial charge in [0, 0.05) is 12.2 Å². The van der Waals surface area contributed by atoms with Gasteiger partial charge in [0.05, 0.1) is 0 Å². The van der Waals surface area contributed by atoms with Crippen molar-refractivity contribution in [2.75, 3.05) is 19.3 Å². The molecule has 0 spiro atoms. The van der Waals surface area contributed by atoms with Crippen molar-refractivity contribution in [1.82, 2.24) is 4.90 Å². The fourth-order valence-electron chi connectivity index (χ4n) is 1.53. The molecule has 0 saturated carbocycles. The molecule has 15 heavy (non-hydrogen) atoms.